The number of nitrogens with zero attached hydrogens (tertiary/aromatic N) is 1. The smallest absolute Gasteiger partial charge is 0.267 e. The molecule has 1 unspecified atom stereocenters. The van der Waals surface area contributed by atoms with Crippen LogP contribution in [0, 0.1) is 12.3 Å². The molecule has 0 radical (unpaired) electrons. The number of hydrogen-bond acceptors (Lipinski definition) is 4. The zero-order valence-electron chi connectivity index (χ0n) is 13.7. The largest absolute Gasteiger partial charge is 0.494 e. The number of ether oxygens (including phenoxy) is 1. The van der Waals surface area contributed by atoms with Gasteiger partial charge < -0.3 is 20.7 Å². The van der Waals surface area contributed by atoms with Crippen LogP contribution in [-0.2, 0) is 0 Å². The SMILES string of the molecule is C#CCNc1ccc(C(N)=O)c(C2CCN(C)CC2(F)F)c1OC. The van der Waals surface area contributed by atoms with E-state index >= 15 is 0 Å². The highest BCUT2D eigenvalue weighted by Gasteiger charge is 2.47. The predicted molar refractivity (Wildman–Crippen MR) is 88.6 cm³/mol. The minimum absolute atomic E-state index is 0.0485. The number of hydrogen-bond donors (Lipinski definition) is 2. The van der Waals surface area contributed by atoms with E-state index in [1.165, 1.54) is 13.2 Å². The number of nitrogens with one attached hydrogen (secondary N) is 1. The summed E-state index contributed by atoms with van der Waals surface area (Å²) in [4.78, 5) is 13.4. The molecule has 0 aliphatic carbocycles. The number of halogens is 2. The summed E-state index contributed by atoms with van der Waals surface area (Å²) >= 11 is 0. The third-order valence-electron chi connectivity index (χ3n) is 4.19. The highest BCUT2D eigenvalue weighted by atomic mass is 19.3. The number of amides is 1. The molecule has 1 aromatic rings. The Hall–Kier alpha value is -2.33. The minimum atomic E-state index is -3.00. The van der Waals surface area contributed by atoms with Crippen LogP contribution in [0.5, 0.6) is 5.75 Å². The molecule has 1 atom stereocenters. The van der Waals surface area contributed by atoms with Crippen LogP contribution in [0.1, 0.15) is 28.3 Å². The standard InChI is InChI=1S/C17H21F2N3O2/c1-4-8-21-13-6-5-11(16(20)23)14(15(13)24-3)12-7-9-22(2)10-17(12,18)19/h1,5-6,12,21H,7-10H2,2-3H3,(H2,20,23). The second-order valence-electron chi connectivity index (χ2n) is 5.87. The monoisotopic (exact) mass is 337 g/mol. The quantitative estimate of drug-likeness (QED) is 0.805. The molecule has 5 nitrogen and oxygen atoms in total. The van der Waals surface area contributed by atoms with Crippen LogP contribution in [0.2, 0.25) is 0 Å². The van der Waals surface area contributed by atoms with Gasteiger partial charge in [-0.15, -0.1) is 6.42 Å². The Kier molecular flexibility index (Phi) is 5.30. The van der Waals surface area contributed by atoms with Gasteiger partial charge in [-0.2, -0.15) is 0 Å². The molecule has 1 aliphatic rings. The average Bonchev–Trinajstić information content (AvgIpc) is 2.51. The molecule has 7 heteroatoms. The fourth-order valence-corrected chi connectivity index (χ4v) is 3.13. The first kappa shape index (κ1) is 18.0. The number of alkyl halides is 2. The van der Waals surface area contributed by atoms with Crippen molar-refractivity contribution in [1.29, 1.82) is 0 Å². The van der Waals surface area contributed by atoms with Gasteiger partial charge in [-0.25, -0.2) is 8.78 Å². The molecule has 0 saturated carbocycles. The van der Waals surface area contributed by atoms with Gasteiger partial charge in [0.1, 0.15) is 5.75 Å². The van der Waals surface area contributed by atoms with E-state index in [2.05, 4.69) is 11.2 Å². The number of terminal acetylenes is 1. The van der Waals surface area contributed by atoms with E-state index < -0.39 is 17.7 Å². The van der Waals surface area contributed by atoms with E-state index in [1.807, 2.05) is 0 Å². The Morgan fingerprint density at radius 3 is 2.83 bits per heavy atom. The first-order chi connectivity index (χ1) is 11.3. The van der Waals surface area contributed by atoms with E-state index in [0.29, 0.717) is 12.2 Å². The topological polar surface area (TPSA) is 67.6 Å². The van der Waals surface area contributed by atoms with Crippen molar-refractivity contribution < 1.29 is 18.3 Å². The van der Waals surface area contributed by atoms with Crippen molar-refractivity contribution in [3.8, 4) is 18.1 Å². The summed E-state index contributed by atoms with van der Waals surface area (Å²) in [5.41, 5.74) is 6.06. The minimum Gasteiger partial charge on any atom is -0.494 e. The van der Waals surface area contributed by atoms with Crippen molar-refractivity contribution in [2.24, 2.45) is 5.73 Å². The van der Waals surface area contributed by atoms with Crippen LogP contribution < -0.4 is 15.8 Å². The lowest BCUT2D eigenvalue weighted by Crippen LogP contribution is -2.46. The second-order valence-corrected chi connectivity index (χ2v) is 5.87. The lowest BCUT2D eigenvalue weighted by molar-refractivity contribution is -0.0770. The Morgan fingerprint density at radius 1 is 1.58 bits per heavy atom. The first-order valence-corrected chi connectivity index (χ1v) is 7.56. The molecule has 2 rings (SSSR count). The van der Waals surface area contributed by atoms with Gasteiger partial charge in [0, 0.05) is 11.1 Å². The number of rotatable bonds is 5. The molecule has 1 aromatic carbocycles. The van der Waals surface area contributed by atoms with Gasteiger partial charge in [0.25, 0.3) is 5.92 Å². The van der Waals surface area contributed by atoms with Gasteiger partial charge in [-0.3, -0.25) is 4.79 Å². The Balaban J connectivity index is 2.60. The number of anilines is 1. The van der Waals surface area contributed by atoms with Crippen molar-refractivity contribution in [3.05, 3.63) is 23.3 Å². The average molecular weight is 337 g/mol. The zero-order valence-corrected chi connectivity index (χ0v) is 13.7. The number of primary amides is 1. The third kappa shape index (κ3) is 3.44. The summed E-state index contributed by atoms with van der Waals surface area (Å²) < 4.78 is 34.6. The van der Waals surface area contributed by atoms with Crippen molar-refractivity contribution in [2.45, 2.75) is 18.3 Å². The molecule has 1 saturated heterocycles. The maximum absolute atomic E-state index is 14.6. The molecule has 1 fully saturated rings. The molecule has 130 valence electrons. The Bertz CT molecular complexity index is 671. The van der Waals surface area contributed by atoms with Crippen LogP contribution >= 0.6 is 0 Å². The summed E-state index contributed by atoms with van der Waals surface area (Å²) in [7, 11) is 3.01. The molecule has 1 aliphatic heterocycles. The van der Waals surface area contributed by atoms with E-state index in [9.17, 15) is 13.6 Å². The van der Waals surface area contributed by atoms with Crippen LogP contribution in [0.25, 0.3) is 0 Å². The highest BCUT2D eigenvalue weighted by molar-refractivity contribution is 5.96. The normalized spacial score (nSPS) is 20.2. The first-order valence-electron chi connectivity index (χ1n) is 7.56. The van der Waals surface area contributed by atoms with Gasteiger partial charge in [0.2, 0.25) is 5.91 Å². The number of nitrogens with two attached hydrogens (primary N) is 1. The molecule has 0 aromatic heterocycles. The van der Waals surface area contributed by atoms with Crippen molar-refractivity contribution in [2.75, 3.05) is 39.1 Å². The van der Waals surface area contributed by atoms with Gasteiger partial charge >= 0.3 is 0 Å². The zero-order chi connectivity index (χ0) is 17.9. The van der Waals surface area contributed by atoms with Crippen LogP contribution in [0.15, 0.2) is 12.1 Å². The van der Waals surface area contributed by atoms with Crippen LogP contribution in [0.4, 0.5) is 14.5 Å². The van der Waals surface area contributed by atoms with Crippen molar-refractivity contribution in [1.82, 2.24) is 4.90 Å². The molecule has 3 N–H and O–H groups in total. The molecule has 24 heavy (non-hydrogen) atoms. The Labute approximate surface area is 140 Å². The van der Waals surface area contributed by atoms with Crippen LogP contribution in [-0.4, -0.2) is 50.5 Å². The molecule has 1 amide bonds. The molecular weight excluding hydrogens is 316 g/mol. The molecular formula is C17H21F2N3O2. The molecule has 1 heterocycles. The fourth-order valence-electron chi connectivity index (χ4n) is 3.13. The number of piperidine rings is 1. The van der Waals surface area contributed by atoms with Gasteiger partial charge in [0.05, 0.1) is 31.8 Å². The second kappa shape index (κ2) is 7.05. The summed E-state index contributed by atoms with van der Waals surface area (Å²) in [5, 5.41) is 2.93. The number of carbonyl (C=O) groups is 1. The summed E-state index contributed by atoms with van der Waals surface area (Å²) in [5.74, 6) is -2.32. The van der Waals surface area contributed by atoms with E-state index in [0.717, 1.165) is 0 Å². The predicted octanol–water partition coefficient (Wildman–Crippen LogP) is 1.89. The number of carbonyl (C=O) groups excluding carboxylic acids is 1. The summed E-state index contributed by atoms with van der Waals surface area (Å²) in [6.45, 7) is 0.306. The number of methoxy groups -OCH3 is 1. The van der Waals surface area contributed by atoms with Gasteiger partial charge in [-0.05, 0) is 32.1 Å². The van der Waals surface area contributed by atoms with Crippen LogP contribution in [0.3, 0.4) is 0 Å². The van der Waals surface area contributed by atoms with Gasteiger partial charge in [-0.1, -0.05) is 5.92 Å². The van der Waals surface area contributed by atoms with Gasteiger partial charge in [0.15, 0.2) is 0 Å². The molecule has 0 bridgehead atoms. The fraction of sp³-hybridized carbons (Fsp3) is 0.471. The lowest BCUT2D eigenvalue weighted by atomic mass is 9.82. The third-order valence-corrected chi connectivity index (χ3v) is 4.19. The highest BCUT2D eigenvalue weighted by Crippen LogP contribution is 2.47. The lowest BCUT2D eigenvalue weighted by Gasteiger charge is -2.38. The molecule has 0 spiro atoms. The maximum Gasteiger partial charge on any atom is 0.267 e. The summed E-state index contributed by atoms with van der Waals surface area (Å²) in [6.07, 6.45) is 5.43. The number of benzene rings is 1. The number of likely N-dealkylation sites (tertiary alicyclic amines) is 1. The maximum atomic E-state index is 14.6. The van der Waals surface area contributed by atoms with E-state index in [4.69, 9.17) is 16.9 Å². The van der Waals surface area contributed by atoms with E-state index in [-0.39, 0.29) is 36.4 Å². The van der Waals surface area contributed by atoms with E-state index in [1.54, 1.807) is 18.0 Å². The van der Waals surface area contributed by atoms with Crippen molar-refractivity contribution >= 4 is 11.6 Å². The Morgan fingerprint density at radius 2 is 2.29 bits per heavy atom. The summed E-state index contributed by atoms with van der Waals surface area (Å²) in [6, 6.07) is 3.00. The van der Waals surface area contributed by atoms with Crippen molar-refractivity contribution in [3.63, 3.8) is 0 Å².